The van der Waals surface area contributed by atoms with Crippen LogP contribution in [0.5, 0.6) is 5.75 Å². The monoisotopic (exact) mass is 362 g/mol. The first-order chi connectivity index (χ1) is 11.7. The largest absolute Gasteiger partial charge is 0.463 e. The van der Waals surface area contributed by atoms with Crippen LogP contribution in [0.3, 0.4) is 0 Å². The van der Waals surface area contributed by atoms with Gasteiger partial charge in [-0.05, 0) is 45.2 Å². The van der Waals surface area contributed by atoms with E-state index in [0.717, 1.165) is 36.4 Å². The molecule has 0 bridgehead atoms. The Morgan fingerprint density at radius 1 is 1.00 bits per heavy atom. The fraction of sp³-hybridized carbons (Fsp3) is 0.400. The Bertz CT molecular complexity index is 637. The van der Waals surface area contributed by atoms with Crippen molar-refractivity contribution in [3.63, 3.8) is 0 Å². The van der Waals surface area contributed by atoms with Gasteiger partial charge in [0.05, 0.1) is 6.54 Å². The van der Waals surface area contributed by atoms with Crippen LogP contribution in [-0.2, 0) is 4.74 Å². The predicted octanol–water partition coefficient (Wildman–Crippen LogP) is 3.47. The normalized spacial score (nSPS) is 19.0. The molecule has 2 aromatic rings. The summed E-state index contributed by atoms with van der Waals surface area (Å²) in [6.07, 6.45) is 0.757. The molecule has 1 heterocycles. The van der Waals surface area contributed by atoms with E-state index >= 15 is 0 Å². The third kappa shape index (κ3) is 5.44. The van der Waals surface area contributed by atoms with E-state index in [4.69, 9.17) is 9.47 Å². The van der Waals surface area contributed by atoms with E-state index in [1.807, 2.05) is 36.4 Å². The number of nitrogens with zero attached hydrogens (tertiary/aromatic N) is 1. The number of fused-ring (bicyclic) bond motifs is 1. The van der Waals surface area contributed by atoms with E-state index < -0.39 is 0 Å². The smallest absolute Gasteiger partial charge is 0.213 e. The van der Waals surface area contributed by atoms with Crippen molar-refractivity contribution < 1.29 is 9.47 Å². The van der Waals surface area contributed by atoms with Crippen molar-refractivity contribution in [2.75, 3.05) is 33.7 Å². The van der Waals surface area contributed by atoms with Gasteiger partial charge in [0.2, 0.25) is 6.29 Å². The maximum atomic E-state index is 6.23. The molecule has 5 heteroatoms. The summed E-state index contributed by atoms with van der Waals surface area (Å²) >= 11 is 0. The quantitative estimate of drug-likeness (QED) is 0.765. The Hall–Kier alpha value is -1.59. The maximum absolute atomic E-state index is 6.23. The zero-order chi connectivity index (χ0) is 16.8. The molecule has 0 saturated carbocycles. The Morgan fingerprint density at radius 3 is 2.48 bits per heavy atom. The second-order valence-electron chi connectivity index (χ2n) is 6.37. The Labute approximate surface area is 156 Å². The maximum Gasteiger partial charge on any atom is 0.213 e. The molecule has 4 nitrogen and oxygen atoms in total. The molecule has 3 rings (SSSR count). The summed E-state index contributed by atoms with van der Waals surface area (Å²) in [6, 6.07) is 18.5. The second-order valence-corrected chi connectivity index (χ2v) is 6.37. The molecular formula is C20H27ClN2O2. The Kier molecular flexibility index (Phi) is 7.72. The summed E-state index contributed by atoms with van der Waals surface area (Å²) in [5, 5.41) is 3.44. The highest BCUT2D eigenvalue weighted by molar-refractivity contribution is 5.85. The third-order valence-corrected chi connectivity index (χ3v) is 4.12. The number of benzene rings is 2. The third-order valence-electron chi connectivity index (χ3n) is 4.12. The molecule has 0 aliphatic carbocycles. The van der Waals surface area contributed by atoms with Crippen molar-refractivity contribution in [3.8, 4) is 5.75 Å². The van der Waals surface area contributed by atoms with Gasteiger partial charge in [0.1, 0.15) is 11.9 Å². The standard InChI is InChI=1S/C20H26N2O2.ClH/c1-22(2)14-8-13-21-15-19-23-18-12-7-6-11-17(18)20(24-19)16-9-4-3-5-10-16;/h3-7,9-12,19-21H,8,13-15H2,1-2H3;1H/t19-,20+;/m0./s1. The van der Waals surface area contributed by atoms with Crippen LogP contribution in [0.2, 0.25) is 0 Å². The number of para-hydroxylation sites is 1. The number of ether oxygens (including phenoxy) is 2. The fourth-order valence-electron chi connectivity index (χ4n) is 2.91. The summed E-state index contributed by atoms with van der Waals surface area (Å²) in [5.41, 5.74) is 2.25. The zero-order valence-corrected chi connectivity index (χ0v) is 15.7. The summed E-state index contributed by atoms with van der Waals surface area (Å²) < 4.78 is 12.2. The molecule has 1 N–H and O–H groups in total. The van der Waals surface area contributed by atoms with Gasteiger partial charge < -0.3 is 19.7 Å². The van der Waals surface area contributed by atoms with Crippen LogP contribution in [0.15, 0.2) is 54.6 Å². The van der Waals surface area contributed by atoms with Crippen LogP contribution < -0.4 is 10.1 Å². The molecule has 136 valence electrons. The van der Waals surface area contributed by atoms with Crippen LogP contribution >= 0.6 is 12.4 Å². The topological polar surface area (TPSA) is 33.7 Å². The van der Waals surface area contributed by atoms with E-state index in [1.54, 1.807) is 0 Å². The van der Waals surface area contributed by atoms with E-state index in [1.165, 1.54) is 0 Å². The van der Waals surface area contributed by atoms with Crippen LogP contribution in [0.25, 0.3) is 0 Å². The van der Waals surface area contributed by atoms with Gasteiger partial charge in [-0.1, -0.05) is 48.5 Å². The molecule has 0 amide bonds. The highest BCUT2D eigenvalue weighted by Crippen LogP contribution is 2.38. The molecule has 1 aliphatic rings. The first kappa shape index (κ1) is 19.7. The minimum Gasteiger partial charge on any atom is -0.463 e. The molecule has 0 fully saturated rings. The lowest BCUT2D eigenvalue weighted by molar-refractivity contribution is -0.124. The highest BCUT2D eigenvalue weighted by Gasteiger charge is 2.29. The van der Waals surface area contributed by atoms with E-state index in [9.17, 15) is 0 Å². The van der Waals surface area contributed by atoms with Crippen molar-refractivity contribution in [1.82, 2.24) is 10.2 Å². The van der Waals surface area contributed by atoms with Gasteiger partial charge in [0.15, 0.2) is 0 Å². The first-order valence-corrected chi connectivity index (χ1v) is 8.55. The molecule has 0 spiro atoms. The lowest BCUT2D eigenvalue weighted by Gasteiger charge is -2.33. The molecule has 2 atom stereocenters. The van der Waals surface area contributed by atoms with Gasteiger partial charge in [0, 0.05) is 5.56 Å². The average molecular weight is 363 g/mol. The van der Waals surface area contributed by atoms with Gasteiger partial charge in [-0.2, -0.15) is 0 Å². The van der Waals surface area contributed by atoms with Crippen molar-refractivity contribution in [1.29, 1.82) is 0 Å². The summed E-state index contributed by atoms with van der Waals surface area (Å²) in [5.74, 6) is 0.915. The lowest BCUT2D eigenvalue weighted by atomic mass is 9.99. The Balaban J connectivity index is 0.00000225. The molecule has 0 saturated heterocycles. The van der Waals surface area contributed by atoms with Crippen molar-refractivity contribution in [2.45, 2.75) is 18.8 Å². The first-order valence-electron chi connectivity index (χ1n) is 8.55. The number of nitrogens with one attached hydrogen (secondary N) is 1. The van der Waals surface area contributed by atoms with Crippen molar-refractivity contribution >= 4 is 12.4 Å². The van der Waals surface area contributed by atoms with Crippen LogP contribution in [0, 0.1) is 0 Å². The van der Waals surface area contributed by atoms with Gasteiger partial charge >= 0.3 is 0 Å². The SMILES string of the molecule is CN(C)CCCNC[C@H]1Oc2ccccc2[C@@H](c2ccccc2)O1.Cl. The molecule has 2 aromatic carbocycles. The van der Waals surface area contributed by atoms with Gasteiger partial charge in [-0.25, -0.2) is 0 Å². The molecule has 1 aliphatic heterocycles. The van der Waals surface area contributed by atoms with E-state index in [0.29, 0.717) is 6.54 Å². The number of halogens is 1. The minimum atomic E-state index is -0.274. The summed E-state index contributed by atoms with van der Waals surface area (Å²) in [6.45, 7) is 2.72. The summed E-state index contributed by atoms with van der Waals surface area (Å²) in [7, 11) is 4.18. The lowest BCUT2D eigenvalue weighted by Crippen LogP contribution is -2.38. The number of hydrogen-bond donors (Lipinski definition) is 1. The van der Waals surface area contributed by atoms with E-state index in [2.05, 4.69) is 42.5 Å². The molecular weight excluding hydrogens is 336 g/mol. The minimum absolute atomic E-state index is 0. The number of rotatable bonds is 7. The van der Waals surface area contributed by atoms with Gasteiger partial charge in [-0.3, -0.25) is 0 Å². The van der Waals surface area contributed by atoms with Gasteiger partial charge in [0.25, 0.3) is 0 Å². The van der Waals surface area contributed by atoms with Crippen molar-refractivity contribution in [2.24, 2.45) is 0 Å². The van der Waals surface area contributed by atoms with Crippen LogP contribution in [-0.4, -0.2) is 44.9 Å². The molecule has 0 unspecified atom stereocenters. The Morgan fingerprint density at radius 2 is 1.72 bits per heavy atom. The zero-order valence-electron chi connectivity index (χ0n) is 14.9. The van der Waals surface area contributed by atoms with Crippen LogP contribution in [0.1, 0.15) is 23.7 Å². The van der Waals surface area contributed by atoms with Crippen LogP contribution in [0.4, 0.5) is 0 Å². The average Bonchev–Trinajstić information content (AvgIpc) is 2.61. The molecule has 0 radical (unpaired) electrons. The fourth-order valence-corrected chi connectivity index (χ4v) is 2.91. The molecule has 25 heavy (non-hydrogen) atoms. The molecule has 0 aromatic heterocycles. The predicted molar refractivity (Wildman–Crippen MR) is 104 cm³/mol. The van der Waals surface area contributed by atoms with Crippen molar-refractivity contribution in [3.05, 3.63) is 65.7 Å². The highest BCUT2D eigenvalue weighted by atomic mass is 35.5. The van der Waals surface area contributed by atoms with Gasteiger partial charge in [-0.15, -0.1) is 12.4 Å². The van der Waals surface area contributed by atoms with E-state index in [-0.39, 0.29) is 24.8 Å². The second kappa shape index (κ2) is 9.78. The number of hydrogen-bond acceptors (Lipinski definition) is 4. The summed E-state index contributed by atoms with van der Waals surface area (Å²) in [4.78, 5) is 2.19.